The topological polar surface area (TPSA) is 12.0 Å². The van der Waals surface area contributed by atoms with Gasteiger partial charge in [-0.2, -0.15) is 0 Å². The van der Waals surface area contributed by atoms with Crippen LogP contribution in [0.15, 0.2) is 24.3 Å². The molecule has 1 atom stereocenters. The first kappa shape index (κ1) is 13.1. The quantitative estimate of drug-likeness (QED) is 0.567. The molecule has 1 nitrogen and oxygen atoms in total. The Labute approximate surface area is 113 Å². The Hall–Kier alpha value is -0.340. The monoisotopic (exact) mass is 295 g/mol. The lowest BCUT2D eigenvalue weighted by Crippen LogP contribution is -2.29. The lowest BCUT2D eigenvalue weighted by molar-refractivity contribution is 0.519. The Balaban J connectivity index is 1.53. The number of rotatable bonds is 8. The fourth-order valence-corrected chi connectivity index (χ4v) is 2.92. The van der Waals surface area contributed by atoms with Gasteiger partial charge in [0.15, 0.2) is 0 Å². The molecule has 1 unspecified atom stereocenters. The molecule has 1 aromatic carbocycles. The van der Waals surface area contributed by atoms with Gasteiger partial charge in [-0.25, -0.2) is 0 Å². The maximum atomic E-state index is 3.59. The molecule has 1 aliphatic rings. The van der Waals surface area contributed by atoms with Gasteiger partial charge >= 0.3 is 0 Å². The van der Waals surface area contributed by atoms with E-state index in [2.05, 4.69) is 45.5 Å². The van der Waals surface area contributed by atoms with Gasteiger partial charge < -0.3 is 5.32 Å². The van der Waals surface area contributed by atoms with Crippen molar-refractivity contribution in [2.75, 3.05) is 18.4 Å². The van der Waals surface area contributed by atoms with Crippen LogP contribution >= 0.6 is 15.9 Å². The first-order valence-corrected chi connectivity index (χ1v) is 7.88. The Kier molecular flexibility index (Phi) is 5.53. The molecule has 0 aromatic heterocycles. The standard InChI is InChI=1S/C15H22BrN/c16-9-5-1-2-6-10-17-12-14-11-13-7-3-4-8-15(13)14/h3-4,7-8,14,17H,1-2,5-6,9-12H2. The van der Waals surface area contributed by atoms with E-state index in [1.165, 1.54) is 38.6 Å². The number of hydrogen-bond acceptors (Lipinski definition) is 1. The van der Waals surface area contributed by atoms with E-state index < -0.39 is 0 Å². The molecule has 0 amide bonds. The van der Waals surface area contributed by atoms with Crippen LogP contribution in [0.25, 0.3) is 0 Å². The third-order valence-electron chi connectivity index (χ3n) is 3.59. The summed E-state index contributed by atoms with van der Waals surface area (Å²) in [4.78, 5) is 0. The van der Waals surface area contributed by atoms with E-state index in [4.69, 9.17) is 0 Å². The highest BCUT2D eigenvalue weighted by molar-refractivity contribution is 9.09. The normalized spacial score (nSPS) is 17.6. The predicted octanol–water partition coefficient (Wildman–Crippen LogP) is 3.87. The fourth-order valence-electron chi connectivity index (χ4n) is 2.52. The van der Waals surface area contributed by atoms with Gasteiger partial charge in [0.05, 0.1) is 0 Å². The zero-order chi connectivity index (χ0) is 11.9. The fraction of sp³-hybridized carbons (Fsp3) is 0.600. The molecule has 0 aliphatic heterocycles. The number of unbranched alkanes of at least 4 members (excludes halogenated alkanes) is 3. The lowest BCUT2D eigenvalue weighted by Gasteiger charge is -2.30. The minimum Gasteiger partial charge on any atom is -0.316 e. The summed E-state index contributed by atoms with van der Waals surface area (Å²) in [5, 5.41) is 4.75. The number of halogens is 1. The summed E-state index contributed by atoms with van der Waals surface area (Å²) in [6, 6.07) is 8.84. The van der Waals surface area contributed by atoms with E-state index in [1.807, 2.05) is 0 Å². The van der Waals surface area contributed by atoms with Crippen LogP contribution in [0.1, 0.15) is 42.7 Å². The lowest BCUT2D eigenvalue weighted by atomic mass is 9.77. The van der Waals surface area contributed by atoms with E-state index in [-0.39, 0.29) is 0 Å². The van der Waals surface area contributed by atoms with Gasteiger partial charge in [-0.3, -0.25) is 0 Å². The average Bonchev–Trinajstić information content (AvgIpc) is 2.33. The molecule has 2 heteroatoms. The average molecular weight is 296 g/mol. The van der Waals surface area contributed by atoms with E-state index in [9.17, 15) is 0 Å². The molecular weight excluding hydrogens is 274 g/mol. The predicted molar refractivity (Wildman–Crippen MR) is 78.0 cm³/mol. The van der Waals surface area contributed by atoms with Crippen LogP contribution in [0, 0.1) is 0 Å². The van der Waals surface area contributed by atoms with Crippen molar-refractivity contribution in [1.82, 2.24) is 5.32 Å². The summed E-state index contributed by atoms with van der Waals surface area (Å²) in [7, 11) is 0. The zero-order valence-corrected chi connectivity index (χ0v) is 12.0. The van der Waals surface area contributed by atoms with E-state index in [1.54, 1.807) is 11.1 Å². The van der Waals surface area contributed by atoms with Crippen molar-refractivity contribution in [2.24, 2.45) is 0 Å². The molecule has 0 saturated heterocycles. The van der Waals surface area contributed by atoms with Gasteiger partial charge in [0.2, 0.25) is 0 Å². The van der Waals surface area contributed by atoms with E-state index in [0.29, 0.717) is 0 Å². The van der Waals surface area contributed by atoms with Crippen molar-refractivity contribution in [3.05, 3.63) is 35.4 Å². The van der Waals surface area contributed by atoms with Crippen LogP contribution in [0.5, 0.6) is 0 Å². The summed E-state index contributed by atoms with van der Waals surface area (Å²) >= 11 is 3.47. The third-order valence-corrected chi connectivity index (χ3v) is 4.15. The molecule has 0 bridgehead atoms. The third kappa shape index (κ3) is 3.82. The van der Waals surface area contributed by atoms with Crippen molar-refractivity contribution < 1.29 is 0 Å². The van der Waals surface area contributed by atoms with E-state index >= 15 is 0 Å². The minimum atomic E-state index is 0.772. The number of benzene rings is 1. The summed E-state index contributed by atoms with van der Waals surface area (Å²) in [5.41, 5.74) is 3.12. The molecule has 1 N–H and O–H groups in total. The van der Waals surface area contributed by atoms with Gasteiger partial charge in [-0.15, -0.1) is 0 Å². The second-order valence-corrected chi connectivity index (χ2v) is 5.70. The Morgan fingerprint density at radius 1 is 1.12 bits per heavy atom. The highest BCUT2D eigenvalue weighted by Crippen LogP contribution is 2.33. The molecule has 0 spiro atoms. The first-order valence-electron chi connectivity index (χ1n) is 6.76. The molecule has 0 radical (unpaired) electrons. The molecular formula is C15H22BrN. The Bertz CT molecular complexity index is 337. The SMILES string of the molecule is BrCCCCCCNCC1Cc2ccccc21. The van der Waals surface area contributed by atoms with Crippen LogP contribution in [0.4, 0.5) is 0 Å². The molecule has 1 aliphatic carbocycles. The first-order chi connectivity index (χ1) is 8.42. The highest BCUT2D eigenvalue weighted by atomic mass is 79.9. The molecule has 0 saturated carbocycles. The second kappa shape index (κ2) is 7.17. The summed E-state index contributed by atoms with van der Waals surface area (Å²) in [6.07, 6.45) is 6.63. The summed E-state index contributed by atoms with van der Waals surface area (Å²) in [6.45, 7) is 2.34. The molecule has 94 valence electrons. The smallest absolute Gasteiger partial charge is 0.00313 e. The minimum absolute atomic E-state index is 0.772. The van der Waals surface area contributed by atoms with Crippen LogP contribution in [0.3, 0.4) is 0 Å². The van der Waals surface area contributed by atoms with Gasteiger partial charge in [0.25, 0.3) is 0 Å². The van der Waals surface area contributed by atoms with Crippen LogP contribution in [-0.4, -0.2) is 18.4 Å². The van der Waals surface area contributed by atoms with Gasteiger partial charge in [-0.1, -0.05) is 53.0 Å². The van der Waals surface area contributed by atoms with Crippen molar-refractivity contribution in [2.45, 2.75) is 38.0 Å². The van der Waals surface area contributed by atoms with Crippen LogP contribution in [0.2, 0.25) is 0 Å². The molecule has 0 fully saturated rings. The number of alkyl halides is 1. The van der Waals surface area contributed by atoms with Crippen molar-refractivity contribution in [3.63, 3.8) is 0 Å². The van der Waals surface area contributed by atoms with E-state index in [0.717, 1.165) is 17.8 Å². The maximum absolute atomic E-state index is 3.59. The molecule has 17 heavy (non-hydrogen) atoms. The largest absolute Gasteiger partial charge is 0.316 e. The van der Waals surface area contributed by atoms with Crippen LogP contribution in [-0.2, 0) is 6.42 Å². The second-order valence-electron chi connectivity index (χ2n) is 4.91. The Morgan fingerprint density at radius 2 is 1.94 bits per heavy atom. The van der Waals surface area contributed by atoms with Gasteiger partial charge in [-0.05, 0) is 36.9 Å². The number of nitrogens with one attached hydrogen (secondary N) is 1. The van der Waals surface area contributed by atoms with Crippen LogP contribution < -0.4 is 5.32 Å². The highest BCUT2D eigenvalue weighted by Gasteiger charge is 2.24. The Morgan fingerprint density at radius 3 is 2.76 bits per heavy atom. The summed E-state index contributed by atoms with van der Waals surface area (Å²) in [5.74, 6) is 0.772. The van der Waals surface area contributed by atoms with Crippen molar-refractivity contribution in [1.29, 1.82) is 0 Å². The summed E-state index contributed by atoms with van der Waals surface area (Å²) < 4.78 is 0. The van der Waals surface area contributed by atoms with Gasteiger partial charge in [0.1, 0.15) is 0 Å². The number of fused-ring (bicyclic) bond motifs is 1. The maximum Gasteiger partial charge on any atom is 0.00313 e. The molecule has 1 aromatic rings. The van der Waals surface area contributed by atoms with Crippen molar-refractivity contribution >= 4 is 15.9 Å². The van der Waals surface area contributed by atoms with Gasteiger partial charge in [0, 0.05) is 17.8 Å². The van der Waals surface area contributed by atoms with Crippen molar-refractivity contribution in [3.8, 4) is 0 Å². The molecule has 0 heterocycles. The number of hydrogen-bond donors (Lipinski definition) is 1. The molecule has 2 rings (SSSR count). The zero-order valence-electron chi connectivity index (χ0n) is 10.4.